The average molecular weight is 330 g/mol. The standard InChI is InChI=1S/C20H18N4O/c1-2-13-4-3-5-15(10-13)17-11-16(14-6-8-25-9-7-14)18-19(24-17)20(21)23-12-22-18/h1,3-5,10-12,14H,6-9H2,(H2,21,22,23). The average Bonchev–Trinajstić information content (AvgIpc) is 2.68. The van der Waals surface area contributed by atoms with Gasteiger partial charge >= 0.3 is 0 Å². The van der Waals surface area contributed by atoms with Gasteiger partial charge in [0.2, 0.25) is 0 Å². The van der Waals surface area contributed by atoms with E-state index < -0.39 is 0 Å². The molecule has 1 saturated heterocycles. The van der Waals surface area contributed by atoms with Crippen LogP contribution in [0.1, 0.15) is 29.9 Å². The van der Waals surface area contributed by atoms with Gasteiger partial charge in [-0.25, -0.2) is 15.0 Å². The molecule has 0 spiro atoms. The van der Waals surface area contributed by atoms with Crippen molar-refractivity contribution >= 4 is 16.9 Å². The lowest BCUT2D eigenvalue weighted by Crippen LogP contribution is -2.15. The predicted octanol–water partition coefficient (Wildman–Crippen LogP) is 3.15. The van der Waals surface area contributed by atoms with Crippen molar-refractivity contribution in [3.8, 4) is 23.6 Å². The fourth-order valence-electron chi connectivity index (χ4n) is 3.32. The summed E-state index contributed by atoms with van der Waals surface area (Å²) in [4.78, 5) is 13.3. The minimum absolute atomic E-state index is 0.378. The largest absolute Gasteiger partial charge is 0.382 e. The Balaban J connectivity index is 1.93. The van der Waals surface area contributed by atoms with Gasteiger partial charge in [0, 0.05) is 24.3 Å². The van der Waals surface area contributed by atoms with Gasteiger partial charge in [-0.2, -0.15) is 0 Å². The molecule has 25 heavy (non-hydrogen) atoms. The fraction of sp³-hybridized carbons (Fsp3) is 0.250. The first-order valence-electron chi connectivity index (χ1n) is 8.32. The SMILES string of the molecule is C#Cc1cccc(-c2cc(C3CCOCC3)c3ncnc(N)c3n2)c1. The zero-order valence-electron chi connectivity index (χ0n) is 13.8. The Labute approximate surface area is 146 Å². The monoisotopic (exact) mass is 330 g/mol. The van der Waals surface area contributed by atoms with Crippen LogP contribution in [0, 0.1) is 12.3 Å². The van der Waals surface area contributed by atoms with Crippen LogP contribution in [0.4, 0.5) is 5.82 Å². The maximum absolute atomic E-state index is 6.09. The van der Waals surface area contributed by atoms with E-state index in [0.29, 0.717) is 17.3 Å². The summed E-state index contributed by atoms with van der Waals surface area (Å²) in [6, 6.07) is 9.92. The van der Waals surface area contributed by atoms with E-state index in [1.807, 2.05) is 24.3 Å². The molecule has 0 unspecified atom stereocenters. The normalized spacial score (nSPS) is 15.2. The van der Waals surface area contributed by atoms with Gasteiger partial charge in [-0.15, -0.1) is 6.42 Å². The summed E-state index contributed by atoms with van der Waals surface area (Å²) >= 11 is 0. The third kappa shape index (κ3) is 2.92. The number of nitrogens with zero attached hydrogens (tertiary/aromatic N) is 3. The van der Waals surface area contributed by atoms with Crippen molar-refractivity contribution in [1.82, 2.24) is 15.0 Å². The molecule has 1 aromatic carbocycles. The number of ether oxygens (including phenoxy) is 1. The number of aromatic nitrogens is 3. The highest BCUT2D eigenvalue weighted by Crippen LogP contribution is 2.34. The van der Waals surface area contributed by atoms with Crippen LogP contribution in [0.5, 0.6) is 0 Å². The molecule has 124 valence electrons. The van der Waals surface area contributed by atoms with E-state index in [9.17, 15) is 0 Å². The van der Waals surface area contributed by atoms with E-state index in [4.69, 9.17) is 21.9 Å². The van der Waals surface area contributed by atoms with Gasteiger partial charge in [0.05, 0.1) is 11.2 Å². The van der Waals surface area contributed by atoms with Gasteiger partial charge in [0.1, 0.15) is 11.8 Å². The summed E-state index contributed by atoms with van der Waals surface area (Å²) in [5.74, 6) is 3.44. The van der Waals surface area contributed by atoms with E-state index in [0.717, 1.165) is 54.0 Å². The zero-order valence-corrected chi connectivity index (χ0v) is 13.8. The molecule has 1 aliphatic heterocycles. The van der Waals surface area contributed by atoms with E-state index in [-0.39, 0.29) is 0 Å². The van der Waals surface area contributed by atoms with Gasteiger partial charge in [0.25, 0.3) is 0 Å². The van der Waals surface area contributed by atoms with Crippen molar-refractivity contribution in [3.63, 3.8) is 0 Å². The van der Waals surface area contributed by atoms with Crippen molar-refractivity contribution in [1.29, 1.82) is 0 Å². The Hall–Kier alpha value is -2.97. The van der Waals surface area contributed by atoms with Gasteiger partial charge in [-0.1, -0.05) is 18.1 Å². The highest BCUT2D eigenvalue weighted by Gasteiger charge is 2.21. The number of hydrogen-bond donors (Lipinski definition) is 1. The maximum atomic E-state index is 6.09. The highest BCUT2D eigenvalue weighted by atomic mass is 16.5. The fourth-order valence-corrected chi connectivity index (χ4v) is 3.32. The number of nitrogens with two attached hydrogens (primary N) is 1. The van der Waals surface area contributed by atoms with Crippen molar-refractivity contribution in [2.45, 2.75) is 18.8 Å². The second-order valence-corrected chi connectivity index (χ2v) is 6.16. The van der Waals surface area contributed by atoms with E-state index in [1.165, 1.54) is 6.33 Å². The lowest BCUT2D eigenvalue weighted by Gasteiger charge is -2.23. The summed E-state index contributed by atoms with van der Waals surface area (Å²) in [6.45, 7) is 1.52. The zero-order chi connectivity index (χ0) is 17.2. The number of terminal acetylenes is 1. The summed E-state index contributed by atoms with van der Waals surface area (Å²) < 4.78 is 5.51. The molecule has 3 heterocycles. The number of fused-ring (bicyclic) bond motifs is 1. The third-order valence-electron chi connectivity index (χ3n) is 4.63. The molecule has 0 aliphatic carbocycles. The van der Waals surface area contributed by atoms with E-state index in [1.54, 1.807) is 0 Å². The molecule has 2 N–H and O–H groups in total. The number of benzene rings is 1. The highest BCUT2D eigenvalue weighted by molar-refractivity contribution is 5.89. The van der Waals surface area contributed by atoms with Crippen LogP contribution in [0.3, 0.4) is 0 Å². The molecule has 5 heteroatoms. The van der Waals surface area contributed by atoms with Gasteiger partial charge in [0.15, 0.2) is 5.82 Å². The second kappa shape index (κ2) is 6.50. The van der Waals surface area contributed by atoms with E-state index >= 15 is 0 Å². The molecule has 0 amide bonds. The number of nitrogen functional groups attached to an aromatic ring is 1. The molecule has 4 rings (SSSR count). The number of hydrogen-bond acceptors (Lipinski definition) is 5. The quantitative estimate of drug-likeness (QED) is 0.731. The third-order valence-corrected chi connectivity index (χ3v) is 4.63. The Kier molecular flexibility index (Phi) is 4.04. The molecule has 5 nitrogen and oxygen atoms in total. The molecule has 0 atom stereocenters. The molecule has 0 bridgehead atoms. The lowest BCUT2D eigenvalue weighted by molar-refractivity contribution is 0.0856. The van der Waals surface area contributed by atoms with Crippen LogP contribution < -0.4 is 5.73 Å². The first-order valence-corrected chi connectivity index (χ1v) is 8.32. The van der Waals surface area contributed by atoms with Crippen LogP contribution in [0.15, 0.2) is 36.7 Å². The first-order chi connectivity index (χ1) is 12.3. The molecule has 2 aromatic heterocycles. The molecule has 0 saturated carbocycles. The minimum atomic E-state index is 0.378. The summed E-state index contributed by atoms with van der Waals surface area (Å²) in [5.41, 5.74) is 11.3. The number of rotatable bonds is 2. The molecule has 0 radical (unpaired) electrons. The van der Waals surface area contributed by atoms with Crippen LogP contribution in [-0.2, 0) is 4.74 Å². The van der Waals surface area contributed by atoms with Crippen LogP contribution in [0.2, 0.25) is 0 Å². The van der Waals surface area contributed by atoms with Crippen LogP contribution in [-0.4, -0.2) is 28.2 Å². The topological polar surface area (TPSA) is 73.9 Å². The van der Waals surface area contributed by atoms with Crippen LogP contribution >= 0.6 is 0 Å². The predicted molar refractivity (Wildman–Crippen MR) is 97.9 cm³/mol. The minimum Gasteiger partial charge on any atom is -0.382 e. The van der Waals surface area contributed by atoms with Crippen LogP contribution in [0.25, 0.3) is 22.3 Å². The summed E-state index contributed by atoms with van der Waals surface area (Å²) in [5, 5.41) is 0. The van der Waals surface area contributed by atoms with Crippen molar-refractivity contribution in [3.05, 3.63) is 47.8 Å². The second-order valence-electron chi connectivity index (χ2n) is 6.16. The molecule has 1 fully saturated rings. The summed E-state index contributed by atoms with van der Waals surface area (Å²) in [6.07, 6.45) is 8.97. The molecular formula is C20H18N4O. The number of pyridine rings is 1. The first kappa shape index (κ1) is 15.6. The van der Waals surface area contributed by atoms with Crippen molar-refractivity contribution in [2.24, 2.45) is 0 Å². The van der Waals surface area contributed by atoms with Gasteiger partial charge in [-0.3, -0.25) is 0 Å². The van der Waals surface area contributed by atoms with Gasteiger partial charge in [-0.05, 0) is 42.5 Å². The Morgan fingerprint density at radius 3 is 2.76 bits per heavy atom. The van der Waals surface area contributed by atoms with Crippen molar-refractivity contribution < 1.29 is 4.74 Å². The van der Waals surface area contributed by atoms with Gasteiger partial charge < -0.3 is 10.5 Å². The Morgan fingerprint density at radius 2 is 1.96 bits per heavy atom. The van der Waals surface area contributed by atoms with E-state index in [2.05, 4.69) is 22.0 Å². The molecule has 3 aromatic rings. The molecular weight excluding hydrogens is 312 g/mol. The lowest BCUT2D eigenvalue weighted by atomic mass is 9.90. The summed E-state index contributed by atoms with van der Waals surface area (Å²) in [7, 11) is 0. The Bertz CT molecular complexity index is 971. The Morgan fingerprint density at radius 1 is 1.12 bits per heavy atom. The maximum Gasteiger partial charge on any atom is 0.153 e. The number of anilines is 1. The smallest absolute Gasteiger partial charge is 0.153 e. The van der Waals surface area contributed by atoms with Crippen molar-refractivity contribution in [2.75, 3.05) is 18.9 Å². The molecule has 1 aliphatic rings.